The van der Waals surface area contributed by atoms with Gasteiger partial charge in [-0.05, 0) is 55.6 Å². The summed E-state index contributed by atoms with van der Waals surface area (Å²) in [7, 11) is 3.64. The van der Waals surface area contributed by atoms with E-state index in [9.17, 15) is 0 Å². The molecule has 7 nitrogen and oxygen atoms in total. The highest BCUT2D eigenvalue weighted by atomic mass is 32.1. The lowest BCUT2D eigenvalue weighted by Gasteiger charge is -2.24. The molecule has 4 heterocycles. The fourth-order valence-electron chi connectivity index (χ4n) is 4.05. The van der Waals surface area contributed by atoms with Crippen molar-refractivity contribution in [1.29, 1.82) is 0 Å². The molecule has 0 saturated carbocycles. The lowest BCUT2D eigenvalue weighted by Crippen LogP contribution is -2.26. The summed E-state index contributed by atoms with van der Waals surface area (Å²) in [5.41, 5.74) is 5.22. The van der Waals surface area contributed by atoms with Crippen molar-refractivity contribution in [3.63, 3.8) is 0 Å². The van der Waals surface area contributed by atoms with E-state index in [1.165, 1.54) is 5.56 Å². The number of ether oxygens (including phenoxy) is 1. The molecule has 30 heavy (non-hydrogen) atoms. The largest absolute Gasteiger partial charge is 0.495 e. The second-order valence-electron chi connectivity index (χ2n) is 7.50. The number of fused-ring (bicyclic) bond motifs is 1. The van der Waals surface area contributed by atoms with Gasteiger partial charge in [-0.25, -0.2) is 9.97 Å². The summed E-state index contributed by atoms with van der Waals surface area (Å²) in [5.74, 6) is 1.94. The number of rotatable bonds is 5. The second kappa shape index (κ2) is 8.04. The van der Waals surface area contributed by atoms with Crippen LogP contribution < -0.4 is 15.4 Å². The molecule has 0 amide bonds. The molecule has 0 radical (unpaired) electrons. The monoisotopic (exact) mass is 420 g/mol. The van der Waals surface area contributed by atoms with E-state index < -0.39 is 0 Å². The van der Waals surface area contributed by atoms with Gasteiger partial charge in [-0.15, -0.1) is 11.3 Å². The van der Waals surface area contributed by atoms with E-state index in [0.29, 0.717) is 11.9 Å². The third-order valence-corrected chi connectivity index (χ3v) is 6.60. The first-order chi connectivity index (χ1) is 14.7. The maximum Gasteiger partial charge on any atom is 0.227 e. The Morgan fingerprint density at radius 1 is 1.23 bits per heavy atom. The van der Waals surface area contributed by atoms with Gasteiger partial charge in [0.1, 0.15) is 5.75 Å². The predicted molar refractivity (Wildman–Crippen MR) is 121 cm³/mol. The molecule has 3 aromatic heterocycles. The van der Waals surface area contributed by atoms with Crippen LogP contribution >= 0.6 is 11.3 Å². The first-order valence-electron chi connectivity index (χ1n) is 10.1. The summed E-state index contributed by atoms with van der Waals surface area (Å²) >= 11 is 1.64. The molecule has 4 aromatic rings. The fourth-order valence-corrected chi connectivity index (χ4v) is 4.91. The fraction of sp³-hybridized carbons (Fsp3) is 0.318. The number of nitrogens with zero attached hydrogens (tertiary/aromatic N) is 4. The van der Waals surface area contributed by atoms with Crippen LogP contribution in [0.25, 0.3) is 21.5 Å². The Hall–Kier alpha value is -2.97. The molecule has 1 aliphatic rings. The van der Waals surface area contributed by atoms with Crippen molar-refractivity contribution in [1.82, 2.24) is 25.1 Å². The molecule has 1 aliphatic heterocycles. The molecular formula is C22H24N6OS. The first kappa shape index (κ1) is 19.0. The molecular weight excluding hydrogens is 396 g/mol. The molecule has 0 unspecified atom stereocenters. The average molecular weight is 421 g/mol. The molecule has 5 rings (SSSR count). The average Bonchev–Trinajstić information content (AvgIpc) is 3.40. The summed E-state index contributed by atoms with van der Waals surface area (Å²) in [6.07, 6.45) is 5.98. The van der Waals surface area contributed by atoms with Crippen LogP contribution in [0.4, 0.5) is 11.6 Å². The molecule has 0 atom stereocenters. The van der Waals surface area contributed by atoms with Gasteiger partial charge in [-0.3, -0.25) is 4.68 Å². The normalized spacial score (nSPS) is 14.9. The standard InChI is InChI=1S/C22H24N6OS/c1-28-18(7-10-25-28)16-13-30-20-12-24-22(27-21(16)20)26-17-4-3-15(11-19(17)29-2)14-5-8-23-9-6-14/h3-4,7,10-14,23H,5-6,8-9H2,1-2H3,(H,24,26,27). The number of methoxy groups -OCH3 is 1. The van der Waals surface area contributed by atoms with Gasteiger partial charge in [-0.1, -0.05) is 6.07 Å². The Morgan fingerprint density at radius 3 is 2.87 bits per heavy atom. The molecule has 1 aromatic carbocycles. The number of nitrogens with one attached hydrogen (secondary N) is 2. The van der Waals surface area contributed by atoms with Gasteiger partial charge in [0, 0.05) is 24.2 Å². The number of aryl methyl sites for hydroxylation is 1. The van der Waals surface area contributed by atoms with Crippen molar-refractivity contribution in [2.75, 3.05) is 25.5 Å². The Bertz CT molecular complexity index is 1180. The van der Waals surface area contributed by atoms with Crippen LogP contribution in [-0.2, 0) is 7.05 Å². The van der Waals surface area contributed by atoms with E-state index in [1.807, 2.05) is 24.0 Å². The zero-order valence-electron chi connectivity index (χ0n) is 17.1. The summed E-state index contributed by atoms with van der Waals surface area (Å²) in [5, 5.41) is 13.2. The van der Waals surface area contributed by atoms with Crippen LogP contribution in [0.2, 0.25) is 0 Å². The number of thiophene rings is 1. The highest BCUT2D eigenvalue weighted by Gasteiger charge is 2.18. The smallest absolute Gasteiger partial charge is 0.227 e. The highest BCUT2D eigenvalue weighted by molar-refractivity contribution is 7.17. The van der Waals surface area contributed by atoms with Gasteiger partial charge in [0.25, 0.3) is 0 Å². The van der Waals surface area contributed by atoms with Crippen LogP contribution in [0.15, 0.2) is 42.0 Å². The molecule has 8 heteroatoms. The number of anilines is 2. The maximum atomic E-state index is 5.68. The third kappa shape index (κ3) is 3.53. The minimum Gasteiger partial charge on any atom is -0.495 e. The molecule has 0 spiro atoms. The van der Waals surface area contributed by atoms with Gasteiger partial charge in [0.15, 0.2) is 0 Å². The molecule has 0 aliphatic carbocycles. The quantitative estimate of drug-likeness (QED) is 0.501. The van der Waals surface area contributed by atoms with E-state index in [0.717, 1.165) is 58.8 Å². The van der Waals surface area contributed by atoms with Crippen LogP contribution in [0.5, 0.6) is 5.75 Å². The SMILES string of the molecule is COc1cc(C2CCNCC2)ccc1Nc1ncc2scc(-c3ccnn3C)c2n1. The lowest BCUT2D eigenvalue weighted by atomic mass is 9.90. The van der Waals surface area contributed by atoms with Crippen molar-refractivity contribution in [2.45, 2.75) is 18.8 Å². The van der Waals surface area contributed by atoms with Crippen molar-refractivity contribution < 1.29 is 4.74 Å². The minimum atomic E-state index is 0.553. The number of hydrogen-bond acceptors (Lipinski definition) is 7. The van der Waals surface area contributed by atoms with Gasteiger partial charge in [0.2, 0.25) is 5.95 Å². The Morgan fingerprint density at radius 2 is 2.10 bits per heavy atom. The Labute approximate surface area is 179 Å². The maximum absolute atomic E-state index is 5.68. The molecule has 0 bridgehead atoms. The number of benzene rings is 1. The summed E-state index contributed by atoms with van der Waals surface area (Å²) in [6, 6.07) is 8.40. The summed E-state index contributed by atoms with van der Waals surface area (Å²) in [4.78, 5) is 9.31. The Balaban J connectivity index is 1.46. The van der Waals surface area contributed by atoms with Crippen molar-refractivity contribution in [3.05, 3.63) is 47.6 Å². The van der Waals surface area contributed by atoms with Crippen molar-refractivity contribution in [2.24, 2.45) is 7.05 Å². The van der Waals surface area contributed by atoms with E-state index in [4.69, 9.17) is 9.72 Å². The van der Waals surface area contributed by atoms with Crippen LogP contribution in [0.1, 0.15) is 24.3 Å². The van der Waals surface area contributed by atoms with E-state index >= 15 is 0 Å². The molecule has 2 N–H and O–H groups in total. The van der Waals surface area contributed by atoms with Crippen molar-refractivity contribution >= 4 is 33.2 Å². The minimum absolute atomic E-state index is 0.553. The van der Waals surface area contributed by atoms with Crippen LogP contribution in [0, 0.1) is 0 Å². The zero-order valence-corrected chi connectivity index (χ0v) is 17.9. The molecule has 1 saturated heterocycles. The lowest BCUT2D eigenvalue weighted by molar-refractivity contribution is 0.413. The van der Waals surface area contributed by atoms with E-state index in [1.54, 1.807) is 24.6 Å². The van der Waals surface area contributed by atoms with Gasteiger partial charge in [-0.2, -0.15) is 5.10 Å². The van der Waals surface area contributed by atoms with Gasteiger partial charge >= 0.3 is 0 Å². The second-order valence-corrected chi connectivity index (χ2v) is 8.42. The van der Waals surface area contributed by atoms with Crippen molar-refractivity contribution in [3.8, 4) is 17.0 Å². The van der Waals surface area contributed by atoms with E-state index in [2.05, 4.69) is 44.3 Å². The first-order valence-corrected chi connectivity index (χ1v) is 11.0. The molecule has 154 valence electrons. The Kier molecular flexibility index (Phi) is 5.10. The van der Waals surface area contributed by atoms with Crippen LogP contribution in [0.3, 0.4) is 0 Å². The number of aromatic nitrogens is 4. The summed E-state index contributed by atoms with van der Waals surface area (Å²) < 4.78 is 8.58. The topological polar surface area (TPSA) is 76.9 Å². The third-order valence-electron chi connectivity index (χ3n) is 5.69. The van der Waals surface area contributed by atoms with Gasteiger partial charge in [0.05, 0.1) is 34.9 Å². The highest BCUT2D eigenvalue weighted by Crippen LogP contribution is 2.35. The predicted octanol–water partition coefficient (Wildman–Crippen LogP) is 4.31. The number of hydrogen-bond donors (Lipinski definition) is 2. The van der Waals surface area contributed by atoms with E-state index in [-0.39, 0.29) is 0 Å². The summed E-state index contributed by atoms with van der Waals surface area (Å²) in [6.45, 7) is 2.14. The molecule has 1 fully saturated rings. The van der Waals surface area contributed by atoms with Gasteiger partial charge < -0.3 is 15.4 Å². The number of piperidine rings is 1. The van der Waals surface area contributed by atoms with Crippen LogP contribution in [-0.4, -0.2) is 39.9 Å². The zero-order chi connectivity index (χ0) is 20.5.